The van der Waals surface area contributed by atoms with Gasteiger partial charge in [0.05, 0.1) is 5.92 Å². The Balaban J connectivity index is 2.18. The van der Waals surface area contributed by atoms with Crippen molar-refractivity contribution in [2.24, 2.45) is 11.7 Å². The van der Waals surface area contributed by atoms with Crippen LogP contribution in [0.25, 0.3) is 0 Å². The van der Waals surface area contributed by atoms with Crippen LogP contribution in [0.3, 0.4) is 0 Å². The van der Waals surface area contributed by atoms with Crippen LogP contribution in [0, 0.1) is 12.8 Å². The van der Waals surface area contributed by atoms with Gasteiger partial charge in [-0.3, -0.25) is 9.59 Å². The SMILES string of the molecule is Cc1c(NC(=O)C2CNC2)cccc1C(N)=O. The first-order chi connectivity index (χ1) is 8.09. The molecule has 0 aliphatic carbocycles. The Morgan fingerprint density at radius 1 is 1.41 bits per heavy atom. The Hall–Kier alpha value is -1.88. The standard InChI is InChI=1S/C12H15N3O2/c1-7-9(11(13)16)3-2-4-10(7)15-12(17)8-5-14-6-8/h2-4,8,14H,5-6H2,1H3,(H2,13,16)(H,15,17). The summed E-state index contributed by atoms with van der Waals surface area (Å²) in [5.41, 5.74) is 7.05. The summed E-state index contributed by atoms with van der Waals surface area (Å²) in [5.74, 6) is -0.482. The molecule has 1 aromatic rings. The topological polar surface area (TPSA) is 84.2 Å². The first-order valence-electron chi connectivity index (χ1n) is 5.50. The van der Waals surface area contributed by atoms with Crippen LogP contribution in [0.1, 0.15) is 15.9 Å². The van der Waals surface area contributed by atoms with E-state index in [0.717, 1.165) is 0 Å². The van der Waals surface area contributed by atoms with E-state index in [1.165, 1.54) is 0 Å². The minimum atomic E-state index is -0.482. The lowest BCUT2D eigenvalue weighted by molar-refractivity contribution is -0.121. The fraction of sp³-hybridized carbons (Fsp3) is 0.333. The molecule has 2 amide bonds. The zero-order valence-electron chi connectivity index (χ0n) is 9.62. The van der Waals surface area contributed by atoms with Gasteiger partial charge in [-0.1, -0.05) is 6.07 Å². The monoisotopic (exact) mass is 233 g/mol. The van der Waals surface area contributed by atoms with Gasteiger partial charge >= 0.3 is 0 Å². The first-order valence-corrected chi connectivity index (χ1v) is 5.50. The molecule has 4 N–H and O–H groups in total. The molecule has 1 aromatic carbocycles. The van der Waals surface area contributed by atoms with Crippen molar-refractivity contribution >= 4 is 17.5 Å². The number of rotatable bonds is 3. The van der Waals surface area contributed by atoms with Crippen molar-refractivity contribution < 1.29 is 9.59 Å². The highest BCUT2D eigenvalue weighted by molar-refractivity contribution is 5.99. The maximum Gasteiger partial charge on any atom is 0.249 e. The normalized spacial score (nSPS) is 15.1. The molecule has 0 radical (unpaired) electrons. The van der Waals surface area contributed by atoms with Crippen molar-refractivity contribution in [1.29, 1.82) is 0 Å². The molecule has 0 unspecified atom stereocenters. The average molecular weight is 233 g/mol. The number of hydrogen-bond donors (Lipinski definition) is 3. The van der Waals surface area contributed by atoms with Gasteiger partial charge < -0.3 is 16.4 Å². The highest BCUT2D eigenvalue weighted by Crippen LogP contribution is 2.19. The summed E-state index contributed by atoms with van der Waals surface area (Å²) in [6.07, 6.45) is 0. The van der Waals surface area contributed by atoms with Crippen LogP contribution < -0.4 is 16.4 Å². The van der Waals surface area contributed by atoms with Crippen LogP contribution in [0.4, 0.5) is 5.69 Å². The lowest BCUT2D eigenvalue weighted by atomic mass is 10.0. The van der Waals surface area contributed by atoms with Crippen LogP contribution in [-0.2, 0) is 4.79 Å². The number of amides is 2. The van der Waals surface area contributed by atoms with Crippen molar-refractivity contribution in [3.8, 4) is 0 Å². The van der Waals surface area contributed by atoms with Gasteiger partial charge in [-0.2, -0.15) is 0 Å². The number of hydrogen-bond acceptors (Lipinski definition) is 3. The third kappa shape index (κ3) is 2.29. The fourth-order valence-corrected chi connectivity index (χ4v) is 1.75. The van der Waals surface area contributed by atoms with Gasteiger partial charge in [0.2, 0.25) is 11.8 Å². The Morgan fingerprint density at radius 3 is 2.65 bits per heavy atom. The van der Waals surface area contributed by atoms with Crippen LogP contribution >= 0.6 is 0 Å². The second-order valence-electron chi connectivity index (χ2n) is 4.19. The maximum absolute atomic E-state index is 11.8. The largest absolute Gasteiger partial charge is 0.366 e. The van der Waals surface area contributed by atoms with Crippen LogP contribution in [0.5, 0.6) is 0 Å². The maximum atomic E-state index is 11.8. The van der Waals surface area contributed by atoms with Gasteiger partial charge in [-0.05, 0) is 24.6 Å². The van der Waals surface area contributed by atoms with Gasteiger partial charge in [0.25, 0.3) is 0 Å². The lowest BCUT2D eigenvalue weighted by Gasteiger charge is -2.26. The Labute approximate surface area is 99.4 Å². The van der Waals surface area contributed by atoms with Gasteiger partial charge in [0, 0.05) is 24.3 Å². The molecule has 1 fully saturated rings. The van der Waals surface area contributed by atoms with Gasteiger partial charge in [0.15, 0.2) is 0 Å². The molecule has 0 bridgehead atoms. The summed E-state index contributed by atoms with van der Waals surface area (Å²) in [5, 5.41) is 5.86. The Kier molecular flexibility index (Phi) is 3.10. The first kappa shape index (κ1) is 11.6. The van der Waals surface area contributed by atoms with Crippen molar-refractivity contribution in [2.45, 2.75) is 6.92 Å². The number of carbonyl (C=O) groups is 2. The van der Waals surface area contributed by atoms with E-state index in [-0.39, 0.29) is 11.8 Å². The highest BCUT2D eigenvalue weighted by atomic mass is 16.2. The molecule has 5 heteroatoms. The van der Waals surface area contributed by atoms with E-state index < -0.39 is 5.91 Å². The summed E-state index contributed by atoms with van der Waals surface area (Å²) in [6, 6.07) is 5.13. The number of nitrogens with two attached hydrogens (primary N) is 1. The molecule has 1 saturated heterocycles. The molecule has 17 heavy (non-hydrogen) atoms. The summed E-state index contributed by atoms with van der Waals surface area (Å²) in [6.45, 7) is 3.19. The van der Waals surface area contributed by atoms with Crippen LogP contribution in [0.2, 0.25) is 0 Å². The zero-order valence-corrected chi connectivity index (χ0v) is 9.62. The molecular formula is C12H15N3O2. The number of carbonyl (C=O) groups excluding carboxylic acids is 2. The minimum absolute atomic E-state index is 0.0199. The van der Waals surface area contributed by atoms with E-state index in [9.17, 15) is 9.59 Å². The molecule has 1 aliphatic heterocycles. The predicted molar refractivity (Wildman–Crippen MR) is 64.7 cm³/mol. The van der Waals surface area contributed by atoms with Crippen molar-refractivity contribution in [3.05, 3.63) is 29.3 Å². The van der Waals surface area contributed by atoms with E-state index in [1.807, 2.05) is 0 Å². The van der Waals surface area contributed by atoms with Crippen molar-refractivity contribution in [2.75, 3.05) is 18.4 Å². The molecular weight excluding hydrogens is 218 g/mol. The molecule has 0 saturated carbocycles. The Bertz CT molecular complexity index is 467. The molecule has 0 spiro atoms. The molecule has 1 aliphatic rings. The van der Waals surface area contributed by atoms with E-state index >= 15 is 0 Å². The average Bonchev–Trinajstić information content (AvgIpc) is 2.18. The predicted octanol–water partition coefficient (Wildman–Crippen LogP) is 0.252. The third-order valence-corrected chi connectivity index (χ3v) is 3.01. The van der Waals surface area contributed by atoms with E-state index in [0.29, 0.717) is 29.9 Å². The third-order valence-electron chi connectivity index (χ3n) is 3.01. The summed E-state index contributed by atoms with van der Waals surface area (Å²) in [7, 11) is 0. The number of benzene rings is 1. The van der Waals surface area contributed by atoms with Crippen LogP contribution in [0.15, 0.2) is 18.2 Å². The smallest absolute Gasteiger partial charge is 0.249 e. The summed E-state index contributed by atoms with van der Waals surface area (Å²) >= 11 is 0. The lowest BCUT2D eigenvalue weighted by Crippen LogP contribution is -2.48. The van der Waals surface area contributed by atoms with E-state index in [4.69, 9.17) is 5.73 Å². The molecule has 5 nitrogen and oxygen atoms in total. The van der Waals surface area contributed by atoms with Crippen LogP contribution in [-0.4, -0.2) is 24.9 Å². The molecule has 1 heterocycles. The zero-order chi connectivity index (χ0) is 12.4. The minimum Gasteiger partial charge on any atom is -0.366 e. The molecule has 0 aromatic heterocycles. The molecule has 2 rings (SSSR count). The van der Waals surface area contributed by atoms with Crippen molar-refractivity contribution in [1.82, 2.24) is 5.32 Å². The molecule has 90 valence electrons. The molecule has 0 atom stereocenters. The highest BCUT2D eigenvalue weighted by Gasteiger charge is 2.25. The van der Waals surface area contributed by atoms with E-state index in [1.54, 1.807) is 25.1 Å². The van der Waals surface area contributed by atoms with Gasteiger partial charge in [0.1, 0.15) is 0 Å². The number of nitrogens with one attached hydrogen (secondary N) is 2. The van der Waals surface area contributed by atoms with Gasteiger partial charge in [-0.15, -0.1) is 0 Å². The van der Waals surface area contributed by atoms with E-state index in [2.05, 4.69) is 10.6 Å². The number of primary amides is 1. The second-order valence-corrected chi connectivity index (χ2v) is 4.19. The quantitative estimate of drug-likeness (QED) is 0.699. The Morgan fingerprint density at radius 2 is 2.12 bits per heavy atom. The second kappa shape index (κ2) is 4.55. The number of anilines is 1. The summed E-state index contributed by atoms with van der Waals surface area (Å²) in [4.78, 5) is 22.9. The fourth-order valence-electron chi connectivity index (χ4n) is 1.75. The van der Waals surface area contributed by atoms with Crippen molar-refractivity contribution in [3.63, 3.8) is 0 Å². The summed E-state index contributed by atoms with van der Waals surface area (Å²) < 4.78 is 0. The van der Waals surface area contributed by atoms with Gasteiger partial charge in [-0.25, -0.2) is 0 Å².